The highest BCUT2D eigenvalue weighted by atomic mass is 79.9. The normalized spacial score (nSPS) is 11.8. The molecular weight excluding hydrogens is 378 g/mol. The van der Waals surface area contributed by atoms with Gasteiger partial charge >= 0.3 is 6.61 Å². The third kappa shape index (κ3) is 2.60. The van der Waals surface area contributed by atoms with E-state index in [4.69, 9.17) is 4.98 Å². The van der Waals surface area contributed by atoms with Crippen molar-refractivity contribution in [2.45, 2.75) is 20.1 Å². The summed E-state index contributed by atoms with van der Waals surface area (Å²) in [7, 11) is 0. The number of imidazole rings is 1. The van der Waals surface area contributed by atoms with E-state index in [0.29, 0.717) is 11.3 Å². The van der Waals surface area contributed by atoms with Crippen molar-refractivity contribution in [2.24, 2.45) is 0 Å². The van der Waals surface area contributed by atoms with Gasteiger partial charge in [-0.05, 0) is 24.6 Å². The summed E-state index contributed by atoms with van der Waals surface area (Å²) >= 11 is 0. The topological polar surface area (TPSA) is 27.1 Å². The Morgan fingerprint density at radius 3 is 2.46 bits per heavy atom. The number of alkyl halides is 2. The van der Waals surface area contributed by atoms with Gasteiger partial charge < -0.3 is 9.30 Å². The number of halogens is 3. The van der Waals surface area contributed by atoms with E-state index < -0.39 is 6.61 Å². The predicted octanol–water partition coefficient (Wildman–Crippen LogP) is 5.07. The number of ether oxygens (including phenoxy) is 1. The summed E-state index contributed by atoms with van der Waals surface area (Å²) < 4.78 is 32.0. The van der Waals surface area contributed by atoms with Gasteiger partial charge in [-0.2, -0.15) is 8.78 Å². The van der Waals surface area contributed by atoms with Crippen LogP contribution in [0.2, 0.25) is 0 Å². The minimum atomic E-state index is -2.85. The molecule has 3 aromatic rings. The van der Waals surface area contributed by atoms with Crippen LogP contribution in [-0.2, 0) is 6.54 Å². The van der Waals surface area contributed by atoms with Crippen LogP contribution in [0.5, 0.6) is 5.75 Å². The fourth-order valence-electron chi connectivity index (χ4n) is 3.10. The molecule has 2 aromatic carbocycles. The molecule has 4 rings (SSSR count). The summed E-state index contributed by atoms with van der Waals surface area (Å²) in [4.78, 5) is 4.71. The maximum absolute atomic E-state index is 12.6. The molecule has 24 heavy (non-hydrogen) atoms. The number of fused-ring (bicyclic) bond motifs is 3. The van der Waals surface area contributed by atoms with Crippen LogP contribution in [0, 0.1) is 6.92 Å². The monoisotopic (exact) mass is 392 g/mol. The number of hydrogen-bond acceptors (Lipinski definition) is 2. The highest BCUT2D eigenvalue weighted by Crippen LogP contribution is 2.39. The van der Waals surface area contributed by atoms with Crippen molar-refractivity contribution >= 4 is 17.0 Å². The van der Waals surface area contributed by atoms with Crippen LogP contribution in [0.25, 0.3) is 22.6 Å². The molecule has 0 fully saturated rings. The molecular formula is C18H15BrF2N2O. The van der Waals surface area contributed by atoms with E-state index in [0.717, 1.165) is 23.6 Å². The lowest BCUT2D eigenvalue weighted by Gasteiger charge is -2.10. The molecule has 1 aliphatic rings. The zero-order valence-electron chi connectivity index (χ0n) is 12.9. The van der Waals surface area contributed by atoms with Crippen LogP contribution in [0.15, 0.2) is 48.5 Å². The molecule has 124 valence electrons. The Kier molecular flexibility index (Phi) is 4.41. The Morgan fingerprint density at radius 1 is 1.04 bits per heavy atom. The Hall–Kier alpha value is -2.21. The van der Waals surface area contributed by atoms with Crippen molar-refractivity contribution in [1.29, 1.82) is 0 Å². The van der Waals surface area contributed by atoms with Crippen molar-refractivity contribution in [3.05, 3.63) is 59.8 Å². The van der Waals surface area contributed by atoms with Gasteiger partial charge in [0.2, 0.25) is 0 Å². The molecule has 0 spiro atoms. The number of nitrogens with zero attached hydrogens (tertiary/aromatic N) is 2. The van der Waals surface area contributed by atoms with Gasteiger partial charge in [0, 0.05) is 16.8 Å². The lowest BCUT2D eigenvalue weighted by atomic mass is 10.1. The first-order valence-electron chi connectivity index (χ1n) is 7.35. The summed E-state index contributed by atoms with van der Waals surface area (Å²) in [5.41, 5.74) is 4.54. The van der Waals surface area contributed by atoms with E-state index in [2.05, 4.69) is 15.4 Å². The molecule has 6 heteroatoms. The molecule has 0 saturated heterocycles. The predicted molar refractivity (Wildman–Crippen MR) is 93.9 cm³/mol. The zero-order valence-corrected chi connectivity index (χ0v) is 14.6. The Bertz CT molecular complexity index is 892. The van der Waals surface area contributed by atoms with Gasteiger partial charge in [0.25, 0.3) is 0 Å². The van der Waals surface area contributed by atoms with Crippen LogP contribution < -0.4 is 4.74 Å². The Labute approximate surface area is 148 Å². The number of benzene rings is 2. The molecule has 0 aliphatic carbocycles. The molecule has 0 unspecified atom stereocenters. The molecule has 0 amide bonds. The van der Waals surface area contributed by atoms with Crippen molar-refractivity contribution in [1.82, 2.24) is 9.55 Å². The van der Waals surface area contributed by atoms with Crippen LogP contribution in [0.1, 0.15) is 11.3 Å². The van der Waals surface area contributed by atoms with E-state index in [-0.39, 0.29) is 22.7 Å². The molecule has 1 aliphatic heterocycles. The van der Waals surface area contributed by atoms with Crippen molar-refractivity contribution in [3.63, 3.8) is 0 Å². The Balaban J connectivity index is 0.00000169. The standard InChI is InChI=1S/C18H14F2N2O.BrH/c1-11-16(14-8-4-5-9-15(14)23-18(19)20)21-17-13-7-3-2-6-12(13)10-22(11)17;/h2-9,18H,10H2,1H3;1H. The van der Waals surface area contributed by atoms with Gasteiger partial charge in [-0.3, -0.25) is 0 Å². The third-order valence-electron chi connectivity index (χ3n) is 4.17. The quantitative estimate of drug-likeness (QED) is 0.486. The van der Waals surface area contributed by atoms with Gasteiger partial charge in [-0.15, -0.1) is 17.0 Å². The molecule has 0 bridgehead atoms. The average Bonchev–Trinajstić information content (AvgIpc) is 3.05. The van der Waals surface area contributed by atoms with Gasteiger partial charge in [0.1, 0.15) is 11.6 Å². The number of para-hydroxylation sites is 1. The summed E-state index contributed by atoms with van der Waals surface area (Å²) in [6, 6.07) is 14.9. The third-order valence-corrected chi connectivity index (χ3v) is 4.17. The molecule has 0 N–H and O–H groups in total. The summed E-state index contributed by atoms with van der Waals surface area (Å²) in [6.07, 6.45) is 0. The minimum absolute atomic E-state index is 0. The maximum atomic E-state index is 12.6. The van der Waals surface area contributed by atoms with Gasteiger partial charge in [-0.25, -0.2) is 4.98 Å². The fourth-order valence-corrected chi connectivity index (χ4v) is 3.10. The van der Waals surface area contributed by atoms with E-state index in [1.54, 1.807) is 24.3 Å². The van der Waals surface area contributed by atoms with Crippen LogP contribution >= 0.6 is 17.0 Å². The molecule has 3 nitrogen and oxygen atoms in total. The fraction of sp³-hybridized carbons (Fsp3) is 0.167. The van der Waals surface area contributed by atoms with Gasteiger partial charge in [0.15, 0.2) is 0 Å². The first-order chi connectivity index (χ1) is 11.1. The molecule has 2 heterocycles. The average molecular weight is 393 g/mol. The molecule has 0 atom stereocenters. The second kappa shape index (κ2) is 6.36. The van der Waals surface area contributed by atoms with Crippen LogP contribution in [-0.4, -0.2) is 16.2 Å². The first kappa shape index (κ1) is 16.6. The van der Waals surface area contributed by atoms with E-state index >= 15 is 0 Å². The number of aromatic nitrogens is 2. The van der Waals surface area contributed by atoms with Crippen molar-refractivity contribution in [2.75, 3.05) is 0 Å². The van der Waals surface area contributed by atoms with Crippen LogP contribution in [0.4, 0.5) is 8.78 Å². The highest BCUT2D eigenvalue weighted by molar-refractivity contribution is 8.93. The Morgan fingerprint density at radius 2 is 1.71 bits per heavy atom. The molecule has 1 aromatic heterocycles. The van der Waals surface area contributed by atoms with Gasteiger partial charge in [0.05, 0.1) is 12.2 Å². The van der Waals surface area contributed by atoms with Gasteiger partial charge in [-0.1, -0.05) is 36.4 Å². The first-order valence-corrected chi connectivity index (χ1v) is 7.35. The minimum Gasteiger partial charge on any atom is -0.434 e. The smallest absolute Gasteiger partial charge is 0.387 e. The van der Waals surface area contributed by atoms with E-state index in [9.17, 15) is 8.78 Å². The lowest BCUT2D eigenvalue weighted by molar-refractivity contribution is -0.0494. The highest BCUT2D eigenvalue weighted by Gasteiger charge is 2.25. The van der Waals surface area contributed by atoms with E-state index in [1.165, 1.54) is 5.56 Å². The van der Waals surface area contributed by atoms with E-state index in [1.807, 2.05) is 25.1 Å². The maximum Gasteiger partial charge on any atom is 0.387 e. The van der Waals surface area contributed by atoms with Crippen LogP contribution in [0.3, 0.4) is 0 Å². The second-order valence-corrected chi connectivity index (χ2v) is 5.49. The number of rotatable bonds is 3. The molecule has 0 saturated carbocycles. The summed E-state index contributed by atoms with van der Waals surface area (Å²) in [6.45, 7) is -0.148. The largest absolute Gasteiger partial charge is 0.434 e. The molecule has 0 radical (unpaired) electrons. The SMILES string of the molecule is Br.Cc1c(-c2ccccc2OC(F)F)nc2n1Cc1ccccc1-2. The zero-order chi connectivity index (χ0) is 16.0. The van der Waals surface area contributed by atoms with Crippen molar-refractivity contribution in [3.8, 4) is 28.4 Å². The van der Waals surface area contributed by atoms with Crippen molar-refractivity contribution < 1.29 is 13.5 Å². The number of hydrogen-bond donors (Lipinski definition) is 0. The second-order valence-electron chi connectivity index (χ2n) is 5.49. The lowest BCUT2D eigenvalue weighted by Crippen LogP contribution is -2.03. The summed E-state index contributed by atoms with van der Waals surface area (Å²) in [5.74, 6) is 1.02. The summed E-state index contributed by atoms with van der Waals surface area (Å²) in [5, 5.41) is 0.